The van der Waals surface area contributed by atoms with Gasteiger partial charge in [0.15, 0.2) is 5.60 Å². The Labute approximate surface area is 101 Å². The van der Waals surface area contributed by atoms with E-state index in [0.29, 0.717) is 0 Å². The Bertz CT molecular complexity index is 428. The number of methoxy groups -OCH3 is 1. The second-order valence-corrected chi connectivity index (χ2v) is 4.57. The van der Waals surface area contributed by atoms with Crippen LogP contribution < -0.4 is 4.90 Å². The van der Waals surface area contributed by atoms with Crippen molar-refractivity contribution in [3.63, 3.8) is 0 Å². The van der Waals surface area contributed by atoms with E-state index in [1.807, 2.05) is 23.1 Å². The predicted molar refractivity (Wildman–Crippen MR) is 65.0 cm³/mol. The summed E-state index contributed by atoms with van der Waals surface area (Å²) in [5.74, 6) is -0.595. The average molecular weight is 235 g/mol. The molecule has 0 radical (unpaired) electrons. The van der Waals surface area contributed by atoms with Gasteiger partial charge in [-0.2, -0.15) is 0 Å². The van der Waals surface area contributed by atoms with Crippen molar-refractivity contribution in [3.8, 4) is 0 Å². The highest BCUT2D eigenvalue weighted by molar-refractivity contribution is 5.79. The Balaban J connectivity index is 2.14. The lowest BCUT2D eigenvalue weighted by atomic mass is 10.1. The molecule has 0 spiro atoms. The topological polar surface area (TPSA) is 49.8 Å². The van der Waals surface area contributed by atoms with E-state index in [1.165, 1.54) is 19.6 Å². The third-order valence-corrected chi connectivity index (χ3v) is 3.11. The molecule has 1 atom stereocenters. The van der Waals surface area contributed by atoms with Crippen LogP contribution in [0.1, 0.15) is 12.5 Å². The number of para-hydroxylation sites is 1. The molecule has 4 nitrogen and oxygen atoms in total. The van der Waals surface area contributed by atoms with Crippen LogP contribution in [0.4, 0.5) is 5.69 Å². The van der Waals surface area contributed by atoms with E-state index in [4.69, 9.17) is 0 Å². The molecule has 1 aliphatic heterocycles. The number of hydrogen-bond donors (Lipinski definition) is 1. The SMILES string of the molecule is COC(=O)C(C)(O)CN1CCc2ccccc21. The fraction of sp³-hybridized carbons (Fsp3) is 0.462. The van der Waals surface area contributed by atoms with Crippen LogP contribution in [-0.4, -0.2) is 36.9 Å². The summed E-state index contributed by atoms with van der Waals surface area (Å²) in [6.07, 6.45) is 0.952. The van der Waals surface area contributed by atoms with Crippen molar-refractivity contribution in [2.45, 2.75) is 18.9 Å². The molecule has 92 valence electrons. The van der Waals surface area contributed by atoms with E-state index in [1.54, 1.807) is 0 Å². The van der Waals surface area contributed by atoms with Gasteiger partial charge in [0.05, 0.1) is 13.7 Å². The number of β-amino-alcohol motifs (C(OH)–C–C–N with tert-alkyl or cyclic N) is 1. The number of aliphatic hydroxyl groups is 1. The quantitative estimate of drug-likeness (QED) is 0.793. The minimum Gasteiger partial charge on any atom is -0.467 e. The number of hydrogen-bond acceptors (Lipinski definition) is 4. The fourth-order valence-electron chi connectivity index (χ4n) is 2.23. The zero-order valence-electron chi connectivity index (χ0n) is 10.1. The molecule has 1 aliphatic rings. The highest BCUT2D eigenvalue weighted by Crippen LogP contribution is 2.28. The van der Waals surface area contributed by atoms with Gasteiger partial charge in [-0.1, -0.05) is 18.2 Å². The highest BCUT2D eigenvalue weighted by Gasteiger charge is 2.35. The van der Waals surface area contributed by atoms with E-state index in [-0.39, 0.29) is 6.54 Å². The summed E-state index contributed by atoms with van der Waals surface area (Å²) in [6, 6.07) is 8.04. The smallest absolute Gasteiger partial charge is 0.339 e. The Morgan fingerprint density at radius 2 is 2.24 bits per heavy atom. The molecule has 17 heavy (non-hydrogen) atoms. The summed E-state index contributed by atoms with van der Waals surface area (Å²) in [5, 5.41) is 10.1. The first-order valence-corrected chi connectivity index (χ1v) is 5.68. The molecule has 1 unspecified atom stereocenters. The van der Waals surface area contributed by atoms with Gasteiger partial charge in [-0.25, -0.2) is 4.79 Å². The minimum atomic E-state index is -1.47. The molecule has 0 bridgehead atoms. The van der Waals surface area contributed by atoms with Gasteiger partial charge in [0, 0.05) is 12.2 Å². The second-order valence-electron chi connectivity index (χ2n) is 4.57. The molecule has 4 heteroatoms. The van der Waals surface area contributed by atoms with Crippen molar-refractivity contribution in [2.75, 3.05) is 25.1 Å². The number of nitrogens with zero attached hydrogens (tertiary/aromatic N) is 1. The number of anilines is 1. The van der Waals surface area contributed by atoms with Gasteiger partial charge in [0.1, 0.15) is 0 Å². The van der Waals surface area contributed by atoms with Gasteiger partial charge in [0.2, 0.25) is 0 Å². The van der Waals surface area contributed by atoms with E-state index >= 15 is 0 Å². The second kappa shape index (κ2) is 4.37. The zero-order chi connectivity index (χ0) is 12.5. The summed E-state index contributed by atoms with van der Waals surface area (Å²) in [6.45, 7) is 2.57. The van der Waals surface area contributed by atoms with Crippen LogP contribution in [0.25, 0.3) is 0 Å². The molecule has 0 aromatic heterocycles. The molecule has 0 fully saturated rings. The van der Waals surface area contributed by atoms with Gasteiger partial charge in [-0.05, 0) is 25.0 Å². The third kappa shape index (κ3) is 2.26. The lowest BCUT2D eigenvalue weighted by Gasteiger charge is -2.28. The average Bonchev–Trinajstić information content (AvgIpc) is 2.71. The van der Waals surface area contributed by atoms with Crippen LogP contribution in [-0.2, 0) is 16.0 Å². The molecule has 0 aliphatic carbocycles. The summed E-state index contributed by atoms with van der Waals surface area (Å²) in [4.78, 5) is 13.5. The molecule has 0 saturated heterocycles. The molecule has 1 N–H and O–H groups in total. The van der Waals surface area contributed by atoms with E-state index in [9.17, 15) is 9.90 Å². The van der Waals surface area contributed by atoms with Gasteiger partial charge in [-0.15, -0.1) is 0 Å². The molecule has 2 rings (SSSR count). The first-order chi connectivity index (χ1) is 8.04. The standard InChI is InChI=1S/C13H17NO3/c1-13(16,12(15)17-2)9-14-8-7-10-5-3-4-6-11(10)14/h3-6,16H,7-9H2,1-2H3. The van der Waals surface area contributed by atoms with Crippen molar-refractivity contribution < 1.29 is 14.6 Å². The predicted octanol–water partition coefficient (Wildman–Crippen LogP) is 0.973. The molecule has 1 heterocycles. The fourth-order valence-corrected chi connectivity index (χ4v) is 2.23. The molecular formula is C13H17NO3. The number of fused-ring (bicyclic) bond motifs is 1. The van der Waals surface area contributed by atoms with Crippen LogP contribution >= 0.6 is 0 Å². The first-order valence-electron chi connectivity index (χ1n) is 5.68. The minimum absolute atomic E-state index is 0.261. The molecule has 1 aromatic rings. The Morgan fingerprint density at radius 3 is 2.94 bits per heavy atom. The van der Waals surface area contributed by atoms with Crippen molar-refractivity contribution in [1.82, 2.24) is 0 Å². The number of carbonyl (C=O) groups excluding carboxylic acids is 1. The highest BCUT2D eigenvalue weighted by atomic mass is 16.5. The number of esters is 1. The summed E-state index contributed by atoms with van der Waals surface area (Å²) >= 11 is 0. The summed E-state index contributed by atoms with van der Waals surface area (Å²) in [5.41, 5.74) is 0.886. The number of carbonyl (C=O) groups is 1. The lowest BCUT2D eigenvalue weighted by Crippen LogP contribution is -2.47. The van der Waals surface area contributed by atoms with E-state index < -0.39 is 11.6 Å². The van der Waals surface area contributed by atoms with Crippen molar-refractivity contribution in [2.24, 2.45) is 0 Å². The molecular weight excluding hydrogens is 218 g/mol. The Morgan fingerprint density at radius 1 is 1.53 bits per heavy atom. The molecule has 0 saturated carbocycles. The van der Waals surface area contributed by atoms with Crippen LogP contribution in [0, 0.1) is 0 Å². The zero-order valence-corrected chi connectivity index (χ0v) is 10.1. The van der Waals surface area contributed by atoms with Crippen LogP contribution in [0.5, 0.6) is 0 Å². The monoisotopic (exact) mass is 235 g/mol. The molecule has 0 amide bonds. The summed E-state index contributed by atoms with van der Waals surface area (Å²) < 4.78 is 4.60. The maximum atomic E-state index is 11.4. The largest absolute Gasteiger partial charge is 0.467 e. The van der Waals surface area contributed by atoms with Gasteiger partial charge >= 0.3 is 5.97 Å². The van der Waals surface area contributed by atoms with Gasteiger partial charge in [0.25, 0.3) is 0 Å². The van der Waals surface area contributed by atoms with Crippen molar-refractivity contribution in [1.29, 1.82) is 0 Å². The van der Waals surface area contributed by atoms with Crippen LogP contribution in [0.3, 0.4) is 0 Å². The summed E-state index contributed by atoms with van der Waals surface area (Å²) in [7, 11) is 1.29. The van der Waals surface area contributed by atoms with Crippen LogP contribution in [0.2, 0.25) is 0 Å². The Hall–Kier alpha value is -1.55. The number of benzene rings is 1. The Kier molecular flexibility index (Phi) is 3.07. The number of rotatable bonds is 3. The first kappa shape index (κ1) is 11.9. The van der Waals surface area contributed by atoms with Gasteiger partial charge < -0.3 is 14.7 Å². The van der Waals surface area contributed by atoms with Crippen LogP contribution in [0.15, 0.2) is 24.3 Å². The number of ether oxygens (including phenoxy) is 1. The lowest BCUT2D eigenvalue weighted by molar-refractivity contribution is -0.159. The molecule has 1 aromatic carbocycles. The van der Waals surface area contributed by atoms with E-state index in [2.05, 4.69) is 10.8 Å². The normalized spacial score (nSPS) is 17.5. The van der Waals surface area contributed by atoms with Gasteiger partial charge in [-0.3, -0.25) is 0 Å². The van der Waals surface area contributed by atoms with Crippen molar-refractivity contribution >= 4 is 11.7 Å². The van der Waals surface area contributed by atoms with E-state index in [0.717, 1.165) is 18.7 Å². The van der Waals surface area contributed by atoms with Crippen molar-refractivity contribution in [3.05, 3.63) is 29.8 Å². The third-order valence-electron chi connectivity index (χ3n) is 3.11. The maximum Gasteiger partial charge on any atom is 0.339 e. The maximum absolute atomic E-state index is 11.4.